The van der Waals surface area contributed by atoms with E-state index < -0.39 is 17.1 Å². The molecule has 162 valence electrons. The molecule has 1 aliphatic rings. The van der Waals surface area contributed by atoms with E-state index in [4.69, 9.17) is 0 Å². The summed E-state index contributed by atoms with van der Waals surface area (Å²) in [5.41, 5.74) is 3.10. The molecule has 0 spiro atoms. The Hall–Kier alpha value is -3.52. The van der Waals surface area contributed by atoms with Crippen LogP contribution >= 0.6 is 11.3 Å². The van der Waals surface area contributed by atoms with Gasteiger partial charge in [-0.2, -0.15) is 0 Å². The van der Waals surface area contributed by atoms with Crippen molar-refractivity contribution < 1.29 is 9.18 Å². The van der Waals surface area contributed by atoms with Gasteiger partial charge in [-0.05, 0) is 84.7 Å². The van der Waals surface area contributed by atoms with Crippen LogP contribution in [0.3, 0.4) is 0 Å². The van der Waals surface area contributed by atoms with E-state index in [1.165, 1.54) is 45.2 Å². The normalized spacial score (nSPS) is 12.8. The van der Waals surface area contributed by atoms with Gasteiger partial charge in [-0.15, -0.1) is 11.3 Å². The van der Waals surface area contributed by atoms with Crippen LogP contribution in [0.1, 0.15) is 23.1 Å². The standard InChI is InChI=1S/C24H20FN3O3S/c1-14-11-18(7-8-19(14)25)28-23(30)22-20(9-10-32-22)27(24(28)31)13-21(29)26-17-6-5-15-3-2-4-16(15)12-17/h5-12H,2-4,13H2,1H3,(H,26,29). The van der Waals surface area contributed by atoms with Gasteiger partial charge in [0, 0.05) is 5.69 Å². The summed E-state index contributed by atoms with van der Waals surface area (Å²) in [6.07, 6.45) is 3.16. The monoisotopic (exact) mass is 449 g/mol. The number of anilines is 1. The Kier molecular flexibility index (Phi) is 5.01. The first kappa shape index (κ1) is 20.4. The summed E-state index contributed by atoms with van der Waals surface area (Å²) in [7, 11) is 0. The van der Waals surface area contributed by atoms with Crippen LogP contribution in [0.15, 0.2) is 57.4 Å². The molecule has 6 nitrogen and oxygen atoms in total. The second kappa shape index (κ2) is 7.87. The lowest BCUT2D eigenvalue weighted by Crippen LogP contribution is -2.40. The van der Waals surface area contributed by atoms with Crippen LogP contribution < -0.4 is 16.6 Å². The van der Waals surface area contributed by atoms with Crippen molar-refractivity contribution in [3.63, 3.8) is 0 Å². The number of aromatic nitrogens is 2. The molecule has 0 aliphatic heterocycles. The zero-order valence-electron chi connectivity index (χ0n) is 17.4. The van der Waals surface area contributed by atoms with Gasteiger partial charge in [0.15, 0.2) is 0 Å². The molecule has 0 saturated heterocycles. The fourth-order valence-corrected chi connectivity index (χ4v) is 5.05. The van der Waals surface area contributed by atoms with Crippen LogP contribution in [0.4, 0.5) is 10.1 Å². The molecular weight excluding hydrogens is 429 g/mol. The number of carbonyl (C=O) groups excluding carboxylic acids is 1. The smallest absolute Gasteiger partial charge is 0.325 e. The average molecular weight is 450 g/mol. The van der Waals surface area contributed by atoms with Gasteiger partial charge in [0.05, 0.1) is 11.2 Å². The van der Waals surface area contributed by atoms with Crippen molar-refractivity contribution in [3.05, 3.63) is 91.2 Å². The zero-order chi connectivity index (χ0) is 22.4. The summed E-state index contributed by atoms with van der Waals surface area (Å²) >= 11 is 1.20. The van der Waals surface area contributed by atoms with Gasteiger partial charge >= 0.3 is 5.69 Å². The summed E-state index contributed by atoms with van der Waals surface area (Å²) in [4.78, 5) is 39.1. The summed E-state index contributed by atoms with van der Waals surface area (Å²) in [6, 6.07) is 11.6. The Morgan fingerprint density at radius 1 is 1.09 bits per heavy atom. The van der Waals surface area contributed by atoms with Gasteiger partial charge in [0.25, 0.3) is 5.56 Å². The Bertz CT molecular complexity index is 1500. The van der Waals surface area contributed by atoms with Gasteiger partial charge in [-0.1, -0.05) is 6.07 Å². The molecule has 0 bridgehead atoms. The molecule has 2 aromatic heterocycles. The molecule has 2 aromatic carbocycles. The fourth-order valence-electron chi connectivity index (χ4n) is 4.23. The van der Waals surface area contributed by atoms with Crippen LogP contribution in [-0.4, -0.2) is 15.0 Å². The van der Waals surface area contributed by atoms with Crippen molar-refractivity contribution in [2.45, 2.75) is 32.7 Å². The molecule has 0 radical (unpaired) electrons. The van der Waals surface area contributed by atoms with E-state index in [-0.39, 0.29) is 18.1 Å². The molecule has 32 heavy (non-hydrogen) atoms. The number of halogens is 1. The minimum Gasteiger partial charge on any atom is -0.325 e. The Balaban J connectivity index is 1.54. The Morgan fingerprint density at radius 3 is 2.72 bits per heavy atom. The first-order chi connectivity index (χ1) is 15.4. The van der Waals surface area contributed by atoms with Crippen LogP contribution in [0.2, 0.25) is 0 Å². The van der Waals surface area contributed by atoms with Crippen molar-refractivity contribution in [1.82, 2.24) is 9.13 Å². The maximum Gasteiger partial charge on any atom is 0.336 e. The molecule has 1 N–H and O–H groups in total. The minimum atomic E-state index is -0.643. The van der Waals surface area contributed by atoms with E-state index in [1.807, 2.05) is 18.2 Å². The number of aryl methyl sites for hydroxylation is 3. The number of fused-ring (bicyclic) bond motifs is 2. The third kappa shape index (κ3) is 3.46. The van der Waals surface area contributed by atoms with Crippen molar-refractivity contribution in [1.29, 1.82) is 0 Å². The quantitative estimate of drug-likeness (QED) is 0.515. The molecule has 1 amide bonds. The topological polar surface area (TPSA) is 73.1 Å². The molecule has 1 aliphatic carbocycles. The number of hydrogen-bond donors (Lipinski definition) is 1. The number of rotatable bonds is 4. The van der Waals surface area contributed by atoms with E-state index in [0.717, 1.165) is 23.8 Å². The van der Waals surface area contributed by atoms with E-state index in [1.54, 1.807) is 18.4 Å². The number of nitrogens with zero attached hydrogens (tertiary/aromatic N) is 2. The maximum atomic E-state index is 13.7. The zero-order valence-corrected chi connectivity index (χ0v) is 18.2. The fraction of sp³-hybridized carbons (Fsp3) is 0.208. The highest BCUT2D eigenvalue weighted by Gasteiger charge is 2.19. The highest BCUT2D eigenvalue weighted by Crippen LogP contribution is 2.25. The third-order valence-corrected chi connectivity index (χ3v) is 6.73. The van der Waals surface area contributed by atoms with Crippen molar-refractivity contribution >= 4 is 33.1 Å². The number of hydrogen-bond acceptors (Lipinski definition) is 4. The molecule has 0 unspecified atom stereocenters. The number of thiophene rings is 1. The summed E-state index contributed by atoms with van der Waals surface area (Å²) < 4.78 is 16.4. The van der Waals surface area contributed by atoms with Gasteiger partial charge in [0.1, 0.15) is 17.1 Å². The number of amides is 1. The Morgan fingerprint density at radius 2 is 1.91 bits per heavy atom. The van der Waals surface area contributed by atoms with Gasteiger partial charge < -0.3 is 5.32 Å². The largest absolute Gasteiger partial charge is 0.336 e. The summed E-state index contributed by atoms with van der Waals surface area (Å²) in [5.74, 6) is -0.786. The lowest BCUT2D eigenvalue weighted by molar-refractivity contribution is -0.116. The van der Waals surface area contributed by atoms with Gasteiger partial charge in [-0.25, -0.2) is 13.8 Å². The minimum absolute atomic E-state index is 0.246. The molecule has 5 rings (SSSR count). The number of benzene rings is 2. The number of nitrogens with one attached hydrogen (secondary N) is 1. The molecule has 8 heteroatoms. The molecule has 0 fully saturated rings. The SMILES string of the molecule is Cc1cc(-n2c(=O)c3sccc3n(CC(=O)Nc3ccc4c(c3)CCC4)c2=O)ccc1F. The van der Waals surface area contributed by atoms with Crippen LogP contribution in [0, 0.1) is 12.7 Å². The molecular formula is C24H20FN3O3S. The Labute approximate surface area is 186 Å². The second-order valence-corrected chi connectivity index (χ2v) is 8.88. The molecule has 2 heterocycles. The maximum absolute atomic E-state index is 13.7. The summed E-state index contributed by atoms with van der Waals surface area (Å²) in [5, 5.41) is 4.57. The summed E-state index contributed by atoms with van der Waals surface area (Å²) in [6.45, 7) is 1.32. The molecule has 4 aromatic rings. The van der Waals surface area contributed by atoms with E-state index in [2.05, 4.69) is 5.32 Å². The highest BCUT2D eigenvalue weighted by molar-refractivity contribution is 7.17. The van der Waals surface area contributed by atoms with E-state index in [9.17, 15) is 18.8 Å². The lowest BCUT2D eigenvalue weighted by Gasteiger charge is -2.13. The molecule has 0 saturated carbocycles. The van der Waals surface area contributed by atoms with Crippen molar-refractivity contribution in [3.8, 4) is 5.69 Å². The lowest BCUT2D eigenvalue weighted by atomic mass is 10.1. The third-order valence-electron chi connectivity index (χ3n) is 5.84. The average Bonchev–Trinajstić information content (AvgIpc) is 3.43. The highest BCUT2D eigenvalue weighted by atomic mass is 32.1. The van der Waals surface area contributed by atoms with Crippen molar-refractivity contribution in [2.24, 2.45) is 0 Å². The van der Waals surface area contributed by atoms with Crippen LogP contribution in [-0.2, 0) is 24.2 Å². The number of carbonyl (C=O) groups is 1. The van der Waals surface area contributed by atoms with Crippen molar-refractivity contribution in [2.75, 3.05) is 5.32 Å². The van der Waals surface area contributed by atoms with E-state index in [0.29, 0.717) is 21.5 Å². The predicted molar refractivity (Wildman–Crippen MR) is 123 cm³/mol. The van der Waals surface area contributed by atoms with Gasteiger partial charge in [-0.3, -0.25) is 14.2 Å². The predicted octanol–water partition coefficient (Wildman–Crippen LogP) is 3.79. The van der Waals surface area contributed by atoms with Gasteiger partial charge in [0.2, 0.25) is 5.91 Å². The van der Waals surface area contributed by atoms with Crippen LogP contribution in [0.25, 0.3) is 15.9 Å². The van der Waals surface area contributed by atoms with E-state index >= 15 is 0 Å². The molecule has 0 atom stereocenters. The van der Waals surface area contributed by atoms with Crippen LogP contribution in [0.5, 0.6) is 0 Å². The first-order valence-electron chi connectivity index (χ1n) is 10.3. The first-order valence-corrected chi connectivity index (χ1v) is 11.2. The second-order valence-electron chi connectivity index (χ2n) is 7.96.